The van der Waals surface area contributed by atoms with Crippen molar-refractivity contribution in [2.75, 3.05) is 0 Å². The first-order chi connectivity index (χ1) is 9.79. The van der Waals surface area contributed by atoms with Crippen molar-refractivity contribution in [3.63, 3.8) is 0 Å². The van der Waals surface area contributed by atoms with Crippen molar-refractivity contribution in [2.24, 2.45) is 0 Å². The Morgan fingerprint density at radius 1 is 1.20 bits per heavy atom. The highest BCUT2D eigenvalue weighted by molar-refractivity contribution is 5.63. The van der Waals surface area contributed by atoms with Gasteiger partial charge in [0.25, 0.3) is 0 Å². The van der Waals surface area contributed by atoms with Gasteiger partial charge in [0, 0.05) is 18.0 Å². The molecule has 5 nitrogen and oxygen atoms in total. The van der Waals surface area contributed by atoms with Gasteiger partial charge >= 0.3 is 0 Å². The Morgan fingerprint density at radius 2 is 2.10 bits per heavy atom. The molecule has 2 aromatic heterocycles. The molecule has 0 aliphatic heterocycles. The van der Waals surface area contributed by atoms with E-state index in [-0.39, 0.29) is 12.4 Å². The lowest BCUT2D eigenvalue weighted by Crippen LogP contribution is -2.01. The van der Waals surface area contributed by atoms with Crippen LogP contribution in [0.15, 0.2) is 48.8 Å². The van der Waals surface area contributed by atoms with E-state index in [1.807, 2.05) is 6.07 Å². The van der Waals surface area contributed by atoms with Crippen molar-refractivity contribution in [3.05, 3.63) is 60.3 Å². The summed E-state index contributed by atoms with van der Waals surface area (Å²) in [5, 5.41) is 17.3. The molecule has 1 aromatic carbocycles. The van der Waals surface area contributed by atoms with E-state index in [1.165, 1.54) is 16.8 Å². The number of pyridine rings is 1. The molecular formula is C14H11FN4O. The van der Waals surface area contributed by atoms with Crippen molar-refractivity contribution in [3.8, 4) is 16.9 Å². The summed E-state index contributed by atoms with van der Waals surface area (Å²) in [6, 6.07) is 9.64. The molecule has 2 heterocycles. The monoisotopic (exact) mass is 270 g/mol. The number of hydrogen-bond donors (Lipinski definition) is 1. The Bertz CT molecular complexity index is 727. The molecule has 3 rings (SSSR count). The van der Waals surface area contributed by atoms with Gasteiger partial charge < -0.3 is 5.11 Å². The van der Waals surface area contributed by atoms with E-state index in [0.717, 1.165) is 5.56 Å². The van der Waals surface area contributed by atoms with Gasteiger partial charge in [-0.2, -0.15) is 0 Å². The predicted molar refractivity (Wildman–Crippen MR) is 70.5 cm³/mol. The van der Waals surface area contributed by atoms with Crippen LogP contribution >= 0.6 is 0 Å². The van der Waals surface area contributed by atoms with E-state index in [1.54, 1.807) is 30.6 Å². The molecule has 0 aliphatic rings. The van der Waals surface area contributed by atoms with Crippen LogP contribution < -0.4 is 0 Å². The number of nitrogens with zero attached hydrogens (tertiary/aromatic N) is 4. The van der Waals surface area contributed by atoms with Crippen molar-refractivity contribution in [1.82, 2.24) is 20.0 Å². The molecule has 0 amide bonds. The van der Waals surface area contributed by atoms with Crippen molar-refractivity contribution >= 4 is 0 Å². The first-order valence-electron chi connectivity index (χ1n) is 6.01. The minimum absolute atomic E-state index is 0.250. The molecule has 3 aromatic rings. The van der Waals surface area contributed by atoms with Crippen LogP contribution in [0.1, 0.15) is 5.69 Å². The van der Waals surface area contributed by atoms with Gasteiger partial charge in [-0.1, -0.05) is 11.3 Å². The van der Waals surface area contributed by atoms with Crippen LogP contribution in [0.5, 0.6) is 0 Å². The highest BCUT2D eigenvalue weighted by atomic mass is 19.1. The molecule has 20 heavy (non-hydrogen) atoms. The fourth-order valence-corrected chi connectivity index (χ4v) is 2.00. The number of aliphatic hydroxyl groups excluding tert-OH is 1. The zero-order chi connectivity index (χ0) is 13.9. The fraction of sp³-hybridized carbons (Fsp3) is 0.0714. The fourth-order valence-electron chi connectivity index (χ4n) is 2.00. The van der Waals surface area contributed by atoms with Crippen LogP contribution in [0.2, 0.25) is 0 Å². The number of aromatic nitrogens is 4. The number of halogens is 1. The second-order valence-electron chi connectivity index (χ2n) is 4.18. The summed E-state index contributed by atoms with van der Waals surface area (Å²) >= 11 is 0. The van der Waals surface area contributed by atoms with E-state index in [2.05, 4.69) is 15.3 Å². The van der Waals surface area contributed by atoms with Crippen LogP contribution in [0.25, 0.3) is 16.9 Å². The van der Waals surface area contributed by atoms with Crippen molar-refractivity contribution < 1.29 is 9.50 Å². The summed E-state index contributed by atoms with van der Waals surface area (Å²) < 4.78 is 14.8. The van der Waals surface area contributed by atoms with Gasteiger partial charge in [-0.3, -0.25) is 4.98 Å². The molecule has 0 saturated heterocycles. The van der Waals surface area contributed by atoms with Gasteiger partial charge in [0.2, 0.25) is 0 Å². The minimum atomic E-state index is -0.360. The summed E-state index contributed by atoms with van der Waals surface area (Å²) in [6.45, 7) is -0.250. The molecule has 0 aliphatic carbocycles. The van der Waals surface area contributed by atoms with Crippen LogP contribution in [-0.4, -0.2) is 25.1 Å². The molecular weight excluding hydrogens is 259 g/mol. The highest BCUT2D eigenvalue weighted by Gasteiger charge is 2.15. The SMILES string of the molecule is OCc1nnn(-c2cccc(F)c2)c1-c1cccnc1. The second-order valence-corrected chi connectivity index (χ2v) is 4.18. The maximum atomic E-state index is 13.4. The molecule has 100 valence electrons. The molecule has 1 N–H and O–H groups in total. The largest absolute Gasteiger partial charge is 0.390 e. The summed E-state index contributed by atoms with van der Waals surface area (Å²) in [7, 11) is 0. The van der Waals surface area contributed by atoms with Crippen LogP contribution in [0.4, 0.5) is 4.39 Å². The Kier molecular flexibility index (Phi) is 3.22. The highest BCUT2D eigenvalue weighted by Crippen LogP contribution is 2.24. The van der Waals surface area contributed by atoms with Gasteiger partial charge in [0.15, 0.2) is 0 Å². The first kappa shape index (κ1) is 12.4. The predicted octanol–water partition coefficient (Wildman–Crippen LogP) is 1.96. The van der Waals surface area contributed by atoms with Gasteiger partial charge in [0.05, 0.1) is 12.3 Å². The van der Waals surface area contributed by atoms with Gasteiger partial charge in [0.1, 0.15) is 17.2 Å². The van der Waals surface area contributed by atoms with Crippen LogP contribution in [0, 0.1) is 5.82 Å². The number of rotatable bonds is 3. The van der Waals surface area contributed by atoms with Crippen LogP contribution in [0.3, 0.4) is 0 Å². The van der Waals surface area contributed by atoms with Crippen LogP contribution in [-0.2, 0) is 6.61 Å². The number of hydrogen-bond acceptors (Lipinski definition) is 4. The molecule has 0 unspecified atom stereocenters. The molecule has 6 heteroatoms. The topological polar surface area (TPSA) is 63.8 Å². The summed E-state index contributed by atoms with van der Waals surface area (Å²) in [4.78, 5) is 4.04. The lowest BCUT2D eigenvalue weighted by atomic mass is 10.1. The number of aliphatic hydroxyl groups is 1. The molecule has 0 saturated carbocycles. The minimum Gasteiger partial charge on any atom is -0.390 e. The maximum Gasteiger partial charge on any atom is 0.125 e. The Balaban J connectivity index is 2.20. The first-order valence-corrected chi connectivity index (χ1v) is 6.01. The molecule has 0 radical (unpaired) electrons. The smallest absolute Gasteiger partial charge is 0.125 e. The molecule has 0 atom stereocenters. The lowest BCUT2D eigenvalue weighted by Gasteiger charge is -2.07. The Labute approximate surface area is 114 Å². The van der Waals surface area contributed by atoms with Crippen molar-refractivity contribution in [2.45, 2.75) is 6.61 Å². The van der Waals surface area contributed by atoms with Crippen molar-refractivity contribution in [1.29, 1.82) is 0 Å². The van der Waals surface area contributed by atoms with E-state index in [0.29, 0.717) is 17.1 Å². The quantitative estimate of drug-likeness (QED) is 0.790. The summed E-state index contributed by atoms with van der Waals surface area (Å²) in [6.07, 6.45) is 3.30. The van der Waals surface area contributed by atoms with Gasteiger partial charge in [-0.05, 0) is 30.3 Å². The zero-order valence-corrected chi connectivity index (χ0v) is 10.4. The van der Waals surface area contributed by atoms with E-state index < -0.39 is 0 Å². The standard InChI is InChI=1S/C14H11FN4O/c15-11-4-1-5-12(7-11)19-14(13(9-20)17-18-19)10-3-2-6-16-8-10/h1-8,20H,9H2. The summed E-state index contributed by atoms with van der Waals surface area (Å²) in [5.41, 5.74) is 2.32. The zero-order valence-electron chi connectivity index (χ0n) is 10.4. The molecule has 0 spiro atoms. The Morgan fingerprint density at radius 3 is 2.80 bits per heavy atom. The third-order valence-electron chi connectivity index (χ3n) is 2.88. The third kappa shape index (κ3) is 2.17. The lowest BCUT2D eigenvalue weighted by molar-refractivity contribution is 0.277. The van der Waals surface area contributed by atoms with Gasteiger partial charge in [-0.15, -0.1) is 5.10 Å². The van der Waals surface area contributed by atoms with E-state index in [4.69, 9.17) is 0 Å². The third-order valence-corrected chi connectivity index (χ3v) is 2.88. The summed E-state index contributed by atoms with van der Waals surface area (Å²) in [5.74, 6) is -0.360. The van der Waals surface area contributed by atoms with E-state index >= 15 is 0 Å². The number of benzene rings is 1. The molecule has 0 fully saturated rings. The molecule has 0 bridgehead atoms. The maximum absolute atomic E-state index is 13.4. The van der Waals surface area contributed by atoms with Gasteiger partial charge in [-0.25, -0.2) is 9.07 Å². The normalized spacial score (nSPS) is 10.7. The average Bonchev–Trinajstić information content (AvgIpc) is 2.92. The second kappa shape index (κ2) is 5.18. The average molecular weight is 270 g/mol. The Hall–Kier alpha value is -2.60. The van der Waals surface area contributed by atoms with E-state index in [9.17, 15) is 9.50 Å².